The summed E-state index contributed by atoms with van der Waals surface area (Å²) in [5.74, 6) is 0.774. The lowest BCUT2D eigenvalue weighted by Gasteiger charge is -2.34. The molecule has 112 valence electrons. The molecule has 4 heteroatoms. The summed E-state index contributed by atoms with van der Waals surface area (Å²) >= 11 is 0. The van der Waals surface area contributed by atoms with Crippen LogP contribution < -0.4 is 5.32 Å². The lowest BCUT2D eigenvalue weighted by molar-refractivity contribution is -0.121. The van der Waals surface area contributed by atoms with E-state index in [1.807, 2.05) is 6.92 Å². The number of likely N-dealkylation sites (N-methyl/N-ethyl adjacent to an activating group) is 1. The number of carbonyl (C=O) groups excluding carboxylic acids is 1. The van der Waals surface area contributed by atoms with Gasteiger partial charge in [-0.3, -0.25) is 9.69 Å². The maximum Gasteiger partial charge on any atom is 0.241 e. The average molecular weight is 285 g/mol. The molecule has 1 fully saturated rings. The molecule has 2 rings (SSSR count). The van der Waals surface area contributed by atoms with E-state index in [4.69, 9.17) is 5.26 Å². The smallest absolute Gasteiger partial charge is 0.241 e. The zero-order chi connectivity index (χ0) is 15.2. The molecule has 1 aliphatic carbocycles. The highest BCUT2D eigenvalue weighted by Gasteiger charge is 2.25. The molecule has 0 radical (unpaired) electrons. The number of carbonyl (C=O) groups is 1. The lowest BCUT2D eigenvalue weighted by Crippen LogP contribution is -2.45. The molecule has 0 aromatic heterocycles. The van der Waals surface area contributed by atoms with Gasteiger partial charge in [0.15, 0.2) is 0 Å². The van der Waals surface area contributed by atoms with E-state index in [0.717, 1.165) is 24.7 Å². The van der Waals surface area contributed by atoms with E-state index < -0.39 is 0 Å². The van der Waals surface area contributed by atoms with Crippen molar-refractivity contribution in [1.29, 1.82) is 5.26 Å². The van der Waals surface area contributed by atoms with E-state index in [-0.39, 0.29) is 11.9 Å². The van der Waals surface area contributed by atoms with Crippen LogP contribution in [0.5, 0.6) is 0 Å². The fourth-order valence-electron chi connectivity index (χ4n) is 2.61. The first-order valence-corrected chi connectivity index (χ1v) is 7.69. The van der Waals surface area contributed by atoms with Crippen LogP contribution in [0.15, 0.2) is 24.3 Å². The number of nitrogens with one attached hydrogen (secondary N) is 1. The summed E-state index contributed by atoms with van der Waals surface area (Å²) in [6.45, 7) is 5.96. The highest BCUT2D eigenvalue weighted by Crippen LogP contribution is 2.27. The van der Waals surface area contributed by atoms with Crippen LogP contribution in [0.1, 0.15) is 38.7 Å². The number of nitrogens with zero attached hydrogens (tertiary/aromatic N) is 2. The van der Waals surface area contributed by atoms with Crippen LogP contribution in [0.4, 0.5) is 5.69 Å². The van der Waals surface area contributed by atoms with E-state index in [9.17, 15) is 4.79 Å². The molecule has 4 nitrogen and oxygen atoms in total. The van der Waals surface area contributed by atoms with Crippen molar-refractivity contribution in [2.75, 3.05) is 18.4 Å². The van der Waals surface area contributed by atoms with E-state index in [1.54, 1.807) is 24.3 Å². The number of hydrogen-bond acceptors (Lipinski definition) is 3. The molecular weight excluding hydrogens is 262 g/mol. The van der Waals surface area contributed by atoms with Gasteiger partial charge in [-0.2, -0.15) is 5.26 Å². The maximum absolute atomic E-state index is 12.3. The van der Waals surface area contributed by atoms with Gasteiger partial charge >= 0.3 is 0 Å². The molecule has 1 amide bonds. The normalized spacial score (nSPS) is 16.1. The van der Waals surface area contributed by atoms with Crippen molar-refractivity contribution in [2.45, 2.75) is 39.2 Å². The Morgan fingerprint density at radius 2 is 2.10 bits per heavy atom. The van der Waals surface area contributed by atoms with Gasteiger partial charge in [-0.15, -0.1) is 0 Å². The quantitative estimate of drug-likeness (QED) is 0.874. The second kappa shape index (κ2) is 7.24. The Hall–Kier alpha value is -1.86. The minimum absolute atomic E-state index is 0.0147. The van der Waals surface area contributed by atoms with Gasteiger partial charge in [0.2, 0.25) is 5.91 Å². The fraction of sp³-hybridized carbons (Fsp3) is 0.529. The average Bonchev–Trinajstić information content (AvgIpc) is 2.46. The van der Waals surface area contributed by atoms with Crippen LogP contribution >= 0.6 is 0 Å². The van der Waals surface area contributed by atoms with Gasteiger partial charge in [0.1, 0.15) is 0 Å². The highest BCUT2D eigenvalue weighted by molar-refractivity contribution is 5.94. The molecule has 1 aromatic carbocycles. The Morgan fingerprint density at radius 1 is 1.43 bits per heavy atom. The van der Waals surface area contributed by atoms with E-state index in [0.29, 0.717) is 5.56 Å². The zero-order valence-corrected chi connectivity index (χ0v) is 12.8. The molecule has 0 spiro atoms. The summed E-state index contributed by atoms with van der Waals surface area (Å²) in [4.78, 5) is 14.6. The predicted molar refractivity (Wildman–Crippen MR) is 83.8 cm³/mol. The Kier molecular flexibility index (Phi) is 5.35. The van der Waals surface area contributed by atoms with E-state index in [2.05, 4.69) is 23.2 Å². The second-order valence-corrected chi connectivity index (χ2v) is 5.74. The van der Waals surface area contributed by atoms with Crippen molar-refractivity contribution < 1.29 is 4.79 Å². The lowest BCUT2D eigenvalue weighted by atomic mass is 9.85. The number of rotatable bonds is 6. The zero-order valence-electron chi connectivity index (χ0n) is 12.8. The van der Waals surface area contributed by atoms with Crippen molar-refractivity contribution >= 4 is 11.6 Å². The van der Waals surface area contributed by atoms with Gasteiger partial charge in [0.05, 0.1) is 17.7 Å². The first-order chi connectivity index (χ1) is 10.1. The maximum atomic E-state index is 12.3. The topological polar surface area (TPSA) is 56.1 Å². The predicted octanol–water partition coefficient (Wildman–Crippen LogP) is 3.01. The Bertz CT molecular complexity index is 514. The Balaban J connectivity index is 1.91. The van der Waals surface area contributed by atoms with E-state index >= 15 is 0 Å². The van der Waals surface area contributed by atoms with Gasteiger partial charge in [-0.05, 0) is 56.5 Å². The number of benzene rings is 1. The highest BCUT2D eigenvalue weighted by atomic mass is 16.2. The number of amides is 1. The fourth-order valence-corrected chi connectivity index (χ4v) is 2.61. The summed E-state index contributed by atoms with van der Waals surface area (Å²) in [5, 5.41) is 11.7. The van der Waals surface area contributed by atoms with Gasteiger partial charge in [-0.25, -0.2) is 0 Å². The molecule has 1 saturated carbocycles. The van der Waals surface area contributed by atoms with Crippen molar-refractivity contribution in [2.24, 2.45) is 5.92 Å². The molecular formula is C17H23N3O. The second-order valence-electron chi connectivity index (χ2n) is 5.74. The number of nitriles is 1. The van der Waals surface area contributed by atoms with Crippen LogP contribution in [-0.2, 0) is 4.79 Å². The largest absolute Gasteiger partial charge is 0.325 e. The number of hydrogen-bond donors (Lipinski definition) is 1. The summed E-state index contributed by atoms with van der Waals surface area (Å²) in [6.07, 6.45) is 3.91. The Labute approximate surface area is 126 Å². The van der Waals surface area contributed by atoms with E-state index in [1.165, 1.54) is 19.3 Å². The molecule has 0 bridgehead atoms. The first-order valence-electron chi connectivity index (χ1n) is 7.69. The van der Waals surface area contributed by atoms with Crippen LogP contribution in [0, 0.1) is 17.2 Å². The summed E-state index contributed by atoms with van der Waals surface area (Å²) < 4.78 is 0. The van der Waals surface area contributed by atoms with Gasteiger partial charge in [0, 0.05) is 12.2 Å². The number of anilines is 1. The van der Waals surface area contributed by atoms with Gasteiger partial charge < -0.3 is 5.32 Å². The summed E-state index contributed by atoms with van der Waals surface area (Å²) in [7, 11) is 0. The summed E-state index contributed by atoms with van der Waals surface area (Å²) in [5.41, 5.74) is 1.34. The van der Waals surface area contributed by atoms with Crippen molar-refractivity contribution in [3.8, 4) is 6.07 Å². The molecule has 1 aliphatic rings. The standard InChI is InChI=1S/C17H23N3O/c1-3-20(12-15-5-4-6-15)13(2)17(21)19-16-9-7-14(11-18)8-10-16/h7-10,13,15H,3-6,12H2,1-2H3,(H,19,21). The molecule has 0 saturated heterocycles. The van der Waals surface area contributed by atoms with Gasteiger partial charge in [-0.1, -0.05) is 13.3 Å². The molecule has 1 atom stereocenters. The molecule has 0 heterocycles. The minimum atomic E-state index is -0.133. The first kappa shape index (κ1) is 15.5. The third kappa shape index (κ3) is 4.05. The molecule has 1 unspecified atom stereocenters. The third-order valence-corrected chi connectivity index (χ3v) is 4.33. The van der Waals surface area contributed by atoms with Crippen LogP contribution in [0.3, 0.4) is 0 Å². The Morgan fingerprint density at radius 3 is 2.57 bits per heavy atom. The van der Waals surface area contributed by atoms with Crippen LogP contribution in [0.25, 0.3) is 0 Å². The van der Waals surface area contributed by atoms with Gasteiger partial charge in [0.25, 0.3) is 0 Å². The van der Waals surface area contributed by atoms with Crippen LogP contribution in [-0.4, -0.2) is 29.9 Å². The van der Waals surface area contributed by atoms with Crippen molar-refractivity contribution in [3.63, 3.8) is 0 Å². The minimum Gasteiger partial charge on any atom is -0.325 e. The molecule has 1 N–H and O–H groups in total. The van der Waals surface area contributed by atoms with Crippen molar-refractivity contribution in [3.05, 3.63) is 29.8 Å². The SMILES string of the molecule is CCN(CC1CCC1)C(C)C(=O)Nc1ccc(C#N)cc1. The van der Waals surface area contributed by atoms with Crippen LogP contribution in [0.2, 0.25) is 0 Å². The monoisotopic (exact) mass is 285 g/mol. The third-order valence-electron chi connectivity index (χ3n) is 4.33. The van der Waals surface area contributed by atoms with Crippen molar-refractivity contribution in [1.82, 2.24) is 4.90 Å². The molecule has 0 aliphatic heterocycles. The summed E-state index contributed by atoms with van der Waals surface area (Å²) in [6, 6.07) is 8.91. The molecule has 1 aromatic rings. The molecule has 21 heavy (non-hydrogen) atoms.